The van der Waals surface area contributed by atoms with Crippen LogP contribution < -0.4 is 10.1 Å². The van der Waals surface area contributed by atoms with Gasteiger partial charge in [0.2, 0.25) is 0 Å². The van der Waals surface area contributed by atoms with Gasteiger partial charge in [0, 0.05) is 23.1 Å². The first-order chi connectivity index (χ1) is 9.29. The number of halogens is 1. The average Bonchev–Trinajstić information content (AvgIpc) is 2.42. The van der Waals surface area contributed by atoms with Crippen molar-refractivity contribution in [2.75, 3.05) is 39.5 Å². The summed E-state index contributed by atoms with van der Waals surface area (Å²) in [7, 11) is 0. The van der Waals surface area contributed by atoms with Crippen LogP contribution >= 0.6 is 15.9 Å². The van der Waals surface area contributed by atoms with Crippen LogP contribution in [0.4, 0.5) is 0 Å². The third-order valence-electron chi connectivity index (χ3n) is 2.76. The van der Waals surface area contributed by atoms with Crippen LogP contribution in [0, 0.1) is 0 Å². The van der Waals surface area contributed by atoms with Crippen molar-refractivity contribution in [3.05, 3.63) is 33.8 Å². The van der Waals surface area contributed by atoms with Crippen LogP contribution in [0.25, 0.3) is 6.08 Å². The Morgan fingerprint density at radius 1 is 1.37 bits per heavy atom. The fourth-order valence-corrected chi connectivity index (χ4v) is 2.24. The van der Waals surface area contributed by atoms with Gasteiger partial charge in [-0.15, -0.1) is 0 Å². The number of aliphatic hydroxyl groups excluding tert-OH is 1. The minimum atomic E-state index is 0.0741. The van der Waals surface area contributed by atoms with Gasteiger partial charge >= 0.3 is 0 Å². The molecule has 0 aromatic heterocycles. The standard InChI is InChI=1S/C14H18BrNO3/c15-13-1-2-14-12(8-13)7-11(10-19-14)9-16-3-5-18-6-4-17/h1-2,7-8,16-17H,3-6,9-10H2. The molecule has 0 fully saturated rings. The smallest absolute Gasteiger partial charge is 0.127 e. The minimum absolute atomic E-state index is 0.0741. The van der Waals surface area contributed by atoms with Gasteiger partial charge in [0.25, 0.3) is 0 Å². The van der Waals surface area contributed by atoms with Crippen molar-refractivity contribution in [3.63, 3.8) is 0 Å². The highest BCUT2D eigenvalue weighted by molar-refractivity contribution is 9.10. The van der Waals surface area contributed by atoms with Crippen LogP contribution in [0.5, 0.6) is 5.75 Å². The zero-order valence-corrected chi connectivity index (χ0v) is 12.3. The summed E-state index contributed by atoms with van der Waals surface area (Å²) in [5, 5.41) is 11.9. The Balaban J connectivity index is 1.79. The maximum Gasteiger partial charge on any atom is 0.127 e. The molecule has 1 aromatic rings. The van der Waals surface area contributed by atoms with E-state index in [0.717, 1.165) is 28.9 Å². The molecule has 0 amide bonds. The molecule has 0 unspecified atom stereocenters. The molecule has 0 aliphatic carbocycles. The molecule has 5 heteroatoms. The number of rotatable bonds is 7. The first-order valence-electron chi connectivity index (χ1n) is 6.30. The molecule has 0 bridgehead atoms. The van der Waals surface area contributed by atoms with E-state index in [2.05, 4.69) is 33.4 Å². The first-order valence-corrected chi connectivity index (χ1v) is 7.10. The van der Waals surface area contributed by atoms with Crippen molar-refractivity contribution in [3.8, 4) is 5.75 Å². The summed E-state index contributed by atoms with van der Waals surface area (Å²) in [6, 6.07) is 6.01. The van der Waals surface area contributed by atoms with E-state index in [1.54, 1.807) is 0 Å². The second kappa shape index (κ2) is 7.65. The highest BCUT2D eigenvalue weighted by atomic mass is 79.9. The van der Waals surface area contributed by atoms with E-state index in [0.29, 0.717) is 19.8 Å². The van der Waals surface area contributed by atoms with Crippen LogP contribution in [-0.2, 0) is 4.74 Å². The average molecular weight is 328 g/mol. The SMILES string of the molecule is OCCOCCNCC1=Cc2cc(Br)ccc2OC1. The monoisotopic (exact) mass is 327 g/mol. The lowest BCUT2D eigenvalue weighted by Crippen LogP contribution is -2.25. The van der Waals surface area contributed by atoms with Crippen molar-refractivity contribution in [2.45, 2.75) is 0 Å². The van der Waals surface area contributed by atoms with Gasteiger partial charge in [-0.25, -0.2) is 0 Å². The number of hydrogen-bond acceptors (Lipinski definition) is 4. The Bertz CT molecular complexity index is 448. The Morgan fingerprint density at radius 2 is 2.26 bits per heavy atom. The Kier molecular flexibility index (Phi) is 5.85. The molecule has 1 aliphatic heterocycles. The summed E-state index contributed by atoms with van der Waals surface area (Å²) in [5.74, 6) is 0.929. The molecule has 2 N–H and O–H groups in total. The molecule has 1 aromatic carbocycles. The van der Waals surface area contributed by atoms with Crippen LogP contribution in [-0.4, -0.2) is 44.6 Å². The Labute approximate surface area is 121 Å². The normalized spacial score (nSPS) is 13.7. The molecule has 1 aliphatic rings. The fourth-order valence-electron chi connectivity index (χ4n) is 1.86. The first kappa shape index (κ1) is 14.5. The number of benzene rings is 1. The maximum atomic E-state index is 8.57. The summed E-state index contributed by atoms with van der Waals surface area (Å²) >= 11 is 3.46. The van der Waals surface area contributed by atoms with E-state index in [9.17, 15) is 0 Å². The lowest BCUT2D eigenvalue weighted by Gasteiger charge is -2.18. The van der Waals surface area contributed by atoms with Crippen LogP contribution in [0.2, 0.25) is 0 Å². The van der Waals surface area contributed by atoms with Gasteiger partial charge in [0.1, 0.15) is 12.4 Å². The lowest BCUT2D eigenvalue weighted by molar-refractivity contribution is 0.0942. The zero-order valence-electron chi connectivity index (χ0n) is 10.7. The zero-order chi connectivity index (χ0) is 13.5. The number of nitrogens with one attached hydrogen (secondary N) is 1. The van der Waals surface area contributed by atoms with Crippen LogP contribution in [0.15, 0.2) is 28.2 Å². The van der Waals surface area contributed by atoms with Crippen molar-refractivity contribution in [1.29, 1.82) is 0 Å². The van der Waals surface area contributed by atoms with E-state index in [4.69, 9.17) is 14.6 Å². The molecular weight excluding hydrogens is 310 g/mol. The summed E-state index contributed by atoms with van der Waals surface area (Å²) < 4.78 is 11.9. The van der Waals surface area contributed by atoms with E-state index >= 15 is 0 Å². The van der Waals surface area contributed by atoms with Gasteiger partial charge in [-0.05, 0) is 29.8 Å². The molecule has 1 heterocycles. The predicted molar refractivity (Wildman–Crippen MR) is 78.4 cm³/mol. The molecule has 19 heavy (non-hydrogen) atoms. The topological polar surface area (TPSA) is 50.7 Å². The number of ether oxygens (including phenoxy) is 2. The molecule has 0 atom stereocenters. The van der Waals surface area contributed by atoms with E-state index in [1.165, 1.54) is 5.57 Å². The highest BCUT2D eigenvalue weighted by Crippen LogP contribution is 2.28. The molecule has 104 valence electrons. The number of fused-ring (bicyclic) bond motifs is 1. The van der Waals surface area contributed by atoms with Gasteiger partial charge in [-0.3, -0.25) is 0 Å². The summed E-state index contributed by atoms with van der Waals surface area (Å²) in [5.41, 5.74) is 2.32. The van der Waals surface area contributed by atoms with E-state index in [-0.39, 0.29) is 6.61 Å². The molecule has 4 nitrogen and oxygen atoms in total. The second-order valence-electron chi connectivity index (χ2n) is 4.29. The van der Waals surface area contributed by atoms with Crippen molar-refractivity contribution in [2.24, 2.45) is 0 Å². The van der Waals surface area contributed by atoms with Gasteiger partial charge in [0.05, 0.1) is 19.8 Å². The van der Waals surface area contributed by atoms with Crippen LogP contribution in [0.1, 0.15) is 5.56 Å². The summed E-state index contributed by atoms with van der Waals surface area (Å²) in [6.07, 6.45) is 2.16. The number of aliphatic hydroxyl groups is 1. The van der Waals surface area contributed by atoms with E-state index < -0.39 is 0 Å². The predicted octanol–water partition coefficient (Wildman–Crippen LogP) is 1.82. The van der Waals surface area contributed by atoms with Crippen molar-refractivity contribution in [1.82, 2.24) is 5.32 Å². The van der Waals surface area contributed by atoms with Gasteiger partial charge in [-0.2, -0.15) is 0 Å². The van der Waals surface area contributed by atoms with Gasteiger partial charge < -0.3 is 19.9 Å². The largest absolute Gasteiger partial charge is 0.489 e. The quantitative estimate of drug-likeness (QED) is 0.750. The molecule has 2 rings (SSSR count). The molecule has 0 radical (unpaired) electrons. The highest BCUT2D eigenvalue weighted by Gasteiger charge is 2.11. The minimum Gasteiger partial charge on any atom is -0.489 e. The molecule has 0 saturated heterocycles. The van der Waals surface area contributed by atoms with Crippen molar-refractivity contribution < 1.29 is 14.6 Å². The second-order valence-corrected chi connectivity index (χ2v) is 5.20. The summed E-state index contributed by atoms with van der Waals surface area (Å²) in [4.78, 5) is 0. The fraction of sp³-hybridized carbons (Fsp3) is 0.429. The molecular formula is C14H18BrNO3. The number of hydrogen-bond donors (Lipinski definition) is 2. The van der Waals surface area contributed by atoms with E-state index in [1.807, 2.05) is 12.1 Å². The van der Waals surface area contributed by atoms with Crippen molar-refractivity contribution >= 4 is 22.0 Å². The maximum absolute atomic E-state index is 8.57. The summed E-state index contributed by atoms with van der Waals surface area (Å²) in [6.45, 7) is 3.26. The Morgan fingerprint density at radius 3 is 3.11 bits per heavy atom. The third-order valence-corrected chi connectivity index (χ3v) is 3.25. The third kappa shape index (κ3) is 4.62. The lowest BCUT2D eigenvalue weighted by atomic mass is 10.1. The Hall–Kier alpha value is -0.880. The molecule has 0 saturated carbocycles. The van der Waals surface area contributed by atoms with Crippen LogP contribution in [0.3, 0.4) is 0 Å². The van der Waals surface area contributed by atoms with Gasteiger partial charge in [0.15, 0.2) is 0 Å². The van der Waals surface area contributed by atoms with Gasteiger partial charge in [-0.1, -0.05) is 15.9 Å². The molecule has 0 spiro atoms.